The van der Waals surface area contributed by atoms with Crippen LogP contribution >= 0.6 is 0 Å². The van der Waals surface area contributed by atoms with Crippen LogP contribution in [0.1, 0.15) is 31.2 Å². The normalized spacial score (nSPS) is 19.0. The quantitative estimate of drug-likeness (QED) is 0.868. The number of hydrogen-bond donors (Lipinski definition) is 1. The van der Waals surface area contributed by atoms with E-state index >= 15 is 0 Å². The number of anilines is 1. The van der Waals surface area contributed by atoms with Crippen LogP contribution in [0, 0.1) is 5.92 Å². The molecule has 2 rings (SSSR count). The van der Waals surface area contributed by atoms with E-state index < -0.39 is 0 Å². The van der Waals surface area contributed by atoms with Crippen molar-refractivity contribution >= 4 is 5.82 Å². The molecule has 3 nitrogen and oxygen atoms in total. The van der Waals surface area contributed by atoms with Gasteiger partial charge in [0.25, 0.3) is 0 Å². The zero-order chi connectivity index (χ0) is 12.3. The number of nitrogens with zero attached hydrogens (tertiary/aromatic N) is 2. The van der Waals surface area contributed by atoms with E-state index in [9.17, 15) is 0 Å². The van der Waals surface area contributed by atoms with Gasteiger partial charge < -0.3 is 10.2 Å². The van der Waals surface area contributed by atoms with Crippen molar-refractivity contribution in [3.63, 3.8) is 0 Å². The van der Waals surface area contributed by atoms with Gasteiger partial charge in [-0.2, -0.15) is 0 Å². The van der Waals surface area contributed by atoms with Crippen LogP contribution in [0.3, 0.4) is 0 Å². The van der Waals surface area contributed by atoms with Crippen LogP contribution in [0.2, 0.25) is 0 Å². The fourth-order valence-corrected chi connectivity index (χ4v) is 2.74. The van der Waals surface area contributed by atoms with Gasteiger partial charge in [0.2, 0.25) is 0 Å². The van der Waals surface area contributed by atoms with Crippen molar-refractivity contribution in [1.82, 2.24) is 10.3 Å². The fourth-order valence-electron chi connectivity index (χ4n) is 2.74. The van der Waals surface area contributed by atoms with Gasteiger partial charge in [-0.1, -0.05) is 13.0 Å². The smallest absolute Gasteiger partial charge is 0.131 e. The zero-order valence-corrected chi connectivity index (χ0v) is 11.1. The highest BCUT2D eigenvalue weighted by Crippen LogP contribution is 2.34. The molecule has 3 heteroatoms. The van der Waals surface area contributed by atoms with E-state index in [1.165, 1.54) is 18.4 Å². The lowest BCUT2D eigenvalue weighted by Gasteiger charge is -2.30. The van der Waals surface area contributed by atoms with E-state index in [-0.39, 0.29) is 0 Å². The SMILES string of the molecule is CC(c1cccnc1N(C)C)C1CCNCC1. The summed E-state index contributed by atoms with van der Waals surface area (Å²) in [5.74, 6) is 2.51. The summed E-state index contributed by atoms with van der Waals surface area (Å²) in [4.78, 5) is 6.62. The molecule has 94 valence electrons. The predicted octanol–water partition coefficient (Wildman–Crippen LogP) is 2.25. The van der Waals surface area contributed by atoms with E-state index in [4.69, 9.17) is 0 Å². The van der Waals surface area contributed by atoms with Crippen LogP contribution in [-0.2, 0) is 0 Å². The monoisotopic (exact) mass is 233 g/mol. The number of rotatable bonds is 3. The molecule has 0 saturated carbocycles. The molecule has 1 unspecified atom stereocenters. The topological polar surface area (TPSA) is 28.2 Å². The minimum absolute atomic E-state index is 0.600. The van der Waals surface area contributed by atoms with E-state index in [0.29, 0.717) is 5.92 Å². The molecule has 0 spiro atoms. The lowest BCUT2D eigenvalue weighted by atomic mass is 9.82. The van der Waals surface area contributed by atoms with E-state index in [2.05, 4.69) is 48.4 Å². The molecule has 2 heterocycles. The number of nitrogens with one attached hydrogen (secondary N) is 1. The van der Waals surface area contributed by atoms with Crippen molar-refractivity contribution in [3.8, 4) is 0 Å². The molecule has 1 saturated heterocycles. The van der Waals surface area contributed by atoms with E-state index in [0.717, 1.165) is 24.8 Å². The first-order chi connectivity index (χ1) is 8.20. The first kappa shape index (κ1) is 12.4. The van der Waals surface area contributed by atoms with Gasteiger partial charge >= 0.3 is 0 Å². The average molecular weight is 233 g/mol. The van der Waals surface area contributed by atoms with Crippen molar-refractivity contribution in [2.75, 3.05) is 32.1 Å². The van der Waals surface area contributed by atoms with Crippen molar-refractivity contribution in [3.05, 3.63) is 23.9 Å². The Morgan fingerprint density at radius 1 is 1.35 bits per heavy atom. The summed E-state index contributed by atoms with van der Waals surface area (Å²) in [6.45, 7) is 4.67. The molecule has 0 bridgehead atoms. The Kier molecular flexibility index (Phi) is 4.00. The Hall–Kier alpha value is -1.09. The Morgan fingerprint density at radius 2 is 2.06 bits per heavy atom. The lowest BCUT2D eigenvalue weighted by molar-refractivity contribution is 0.330. The molecule has 1 aromatic rings. The van der Waals surface area contributed by atoms with Gasteiger partial charge in [-0.25, -0.2) is 4.98 Å². The first-order valence-corrected chi connectivity index (χ1v) is 6.53. The van der Waals surface area contributed by atoms with E-state index in [1.54, 1.807) is 0 Å². The van der Waals surface area contributed by atoms with Crippen LogP contribution in [0.5, 0.6) is 0 Å². The highest BCUT2D eigenvalue weighted by atomic mass is 15.1. The van der Waals surface area contributed by atoms with Crippen LogP contribution < -0.4 is 10.2 Å². The third-order valence-corrected chi connectivity index (χ3v) is 3.82. The first-order valence-electron chi connectivity index (χ1n) is 6.53. The standard InChI is InChI=1S/C14H23N3/c1-11(12-6-9-15-10-7-12)13-5-4-8-16-14(13)17(2)3/h4-5,8,11-12,15H,6-7,9-10H2,1-3H3. The average Bonchev–Trinajstić information content (AvgIpc) is 2.39. The second-order valence-corrected chi connectivity index (χ2v) is 5.19. The fraction of sp³-hybridized carbons (Fsp3) is 0.643. The molecular weight excluding hydrogens is 210 g/mol. The molecule has 17 heavy (non-hydrogen) atoms. The lowest BCUT2D eigenvalue weighted by Crippen LogP contribution is -2.30. The molecule has 0 aliphatic carbocycles. The van der Waals surface area contributed by atoms with Gasteiger partial charge in [-0.05, 0) is 49.4 Å². The van der Waals surface area contributed by atoms with Gasteiger partial charge in [0.15, 0.2) is 0 Å². The molecule has 1 atom stereocenters. The Labute approximate surface area is 104 Å². The molecule has 1 aliphatic heterocycles. The molecule has 0 aromatic carbocycles. The van der Waals surface area contributed by atoms with Gasteiger partial charge in [-0.15, -0.1) is 0 Å². The number of aromatic nitrogens is 1. The summed E-state index contributed by atoms with van der Waals surface area (Å²) in [6, 6.07) is 4.29. The number of pyridine rings is 1. The Balaban J connectivity index is 2.20. The van der Waals surface area contributed by atoms with Gasteiger partial charge in [0, 0.05) is 20.3 Å². The summed E-state index contributed by atoms with van der Waals surface area (Å²) < 4.78 is 0. The molecule has 0 amide bonds. The van der Waals surface area contributed by atoms with Crippen molar-refractivity contribution < 1.29 is 0 Å². The number of hydrogen-bond acceptors (Lipinski definition) is 3. The highest BCUT2D eigenvalue weighted by Gasteiger charge is 2.23. The Bertz CT molecular complexity index is 356. The summed E-state index contributed by atoms with van der Waals surface area (Å²) in [5, 5.41) is 3.43. The molecular formula is C14H23N3. The molecule has 1 aromatic heterocycles. The van der Waals surface area contributed by atoms with Crippen LogP contribution in [0.15, 0.2) is 18.3 Å². The molecule has 1 aliphatic rings. The Morgan fingerprint density at radius 3 is 2.71 bits per heavy atom. The van der Waals surface area contributed by atoms with Crippen LogP contribution in [0.25, 0.3) is 0 Å². The number of piperidine rings is 1. The molecule has 0 radical (unpaired) electrons. The van der Waals surface area contributed by atoms with Crippen molar-refractivity contribution in [1.29, 1.82) is 0 Å². The maximum atomic E-state index is 4.50. The maximum absolute atomic E-state index is 4.50. The molecule has 1 N–H and O–H groups in total. The third kappa shape index (κ3) is 2.78. The summed E-state index contributed by atoms with van der Waals surface area (Å²) in [5.41, 5.74) is 1.39. The predicted molar refractivity (Wildman–Crippen MR) is 72.6 cm³/mol. The maximum Gasteiger partial charge on any atom is 0.131 e. The highest BCUT2D eigenvalue weighted by molar-refractivity contribution is 5.47. The van der Waals surface area contributed by atoms with Crippen molar-refractivity contribution in [2.24, 2.45) is 5.92 Å². The van der Waals surface area contributed by atoms with Gasteiger partial charge in [0.1, 0.15) is 5.82 Å². The van der Waals surface area contributed by atoms with Crippen LogP contribution in [-0.4, -0.2) is 32.2 Å². The second kappa shape index (κ2) is 5.50. The summed E-state index contributed by atoms with van der Waals surface area (Å²) in [6.07, 6.45) is 4.44. The van der Waals surface area contributed by atoms with Gasteiger partial charge in [-0.3, -0.25) is 0 Å². The third-order valence-electron chi connectivity index (χ3n) is 3.82. The summed E-state index contributed by atoms with van der Waals surface area (Å²) in [7, 11) is 4.14. The minimum Gasteiger partial charge on any atom is -0.363 e. The molecule has 1 fully saturated rings. The van der Waals surface area contributed by atoms with E-state index in [1.807, 2.05) is 6.20 Å². The second-order valence-electron chi connectivity index (χ2n) is 5.19. The van der Waals surface area contributed by atoms with Crippen molar-refractivity contribution in [2.45, 2.75) is 25.7 Å². The largest absolute Gasteiger partial charge is 0.363 e. The zero-order valence-electron chi connectivity index (χ0n) is 11.1. The minimum atomic E-state index is 0.600. The van der Waals surface area contributed by atoms with Crippen LogP contribution in [0.4, 0.5) is 5.82 Å². The van der Waals surface area contributed by atoms with Gasteiger partial charge in [0.05, 0.1) is 0 Å². The summed E-state index contributed by atoms with van der Waals surface area (Å²) >= 11 is 0.